The van der Waals surface area contributed by atoms with Crippen molar-refractivity contribution in [3.05, 3.63) is 5.69 Å². The van der Waals surface area contributed by atoms with Crippen LogP contribution < -0.4 is 5.73 Å². The van der Waals surface area contributed by atoms with Crippen LogP contribution in [0.3, 0.4) is 0 Å². The third-order valence-electron chi connectivity index (χ3n) is 4.77. The highest BCUT2D eigenvalue weighted by molar-refractivity contribution is 5.78. The van der Waals surface area contributed by atoms with Crippen LogP contribution in [0.25, 0.3) is 11.2 Å². The minimum absolute atomic E-state index is 0.457. The second-order valence-electron chi connectivity index (χ2n) is 6.90. The molecule has 2 heterocycles. The van der Waals surface area contributed by atoms with Crippen LogP contribution >= 0.6 is 0 Å². The van der Waals surface area contributed by atoms with Gasteiger partial charge in [-0.3, -0.25) is 9.25 Å². The van der Waals surface area contributed by atoms with E-state index in [-0.39, 0.29) is 0 Å². The van der Waals surface area contributed by atoms with Crippen molar-refractivity contribution in [2.75, 3.05) is 5.73 Å². The van der Waals surface area contributed by atoms with E-state index in [2.05, 4.69) is 35.4 Å². The number of hydrogen-bond acceptors (Lipinski definition) is 3. The predicted octanol–water partition coefficient (Wildman–Crippen LogP) is 3.30. The molecule has 0 bridgehead atoms. The van der Waals surface area contributed by atoms with Gasteiger partial charge in [0.1, 0.15) is 5.52 Å². The van der Waals surface area contributed by atoms with Crippen LogP contribution in [0.1, 0.15) is 58.2 Å². The van der Waals surface area contributed by atoms with E-state index in [4.69, 9.17) is 5.73 Å². The molecule has 1 fully saturated rings. The van der Waals surface area contributed by atoms with Gasteiger partial charge in [-0.15, -0.1) is 0 Å². The summed E-state index contributed by atoms with van der Waals surface area (Å²) in [7, 11) is 2.01. The van der Waals surface area contributed by atoms with E-state index in [1.165, 1.54) is 19.3 Å². The fraction of sp³-hybridized carbons (Fsp3) is 0.750. The lowest BCUT2D eigenvalue weighted by Crippen LogP contribution is -2.24. The average Bonchev–Trinajstić information content (AvgIpc) is 2.87. The summed E-state index contributed by atoms with van der Waals surface area (Å²) in [6.45, 7) is 6.86. The van der Waals surface area contributed by atoms with Crippen LogP contribution in [0.5, 0.6) is 0 Å². The van der Waals surface area contributed by atoms with Crippen LogP contribution in [0.2, 0.25) is 0 Å². The van der Waals surface area contributed by atoms with Crippen molar-refractivity contribution >= 4 is 17.1 Å². The normalized spacial score (nSPS) is 26.6. The van der Waals surface area contributed by atoms with Crippen molar-refractivity contribution < 1.29 is 0 Å². The molecule has 0 saturated heterocycles. The van der Waals surface area contributed by atoms with Gasteiger partial charge in [0.2, 0.25) is 5.95 Å². The topological polar surface area (TPSA) is 61.7 Å². The summed E-state index contributed by atoms with van der Waals surface area (Å²) in [5, 5.41) is 4.65. The highest BCUT2D eigenvalue weighted by Gasteiger charge is 2.29. The number of fused-ring (bicyclic) bond motifs is 1. The maximum absolute atomic E-state index is 6.26. The molecule has 0 spiro atoms. The highest BCUT2D eigenvalue weighted by atomic mass is 15.4. The highest BCUT2D eigenvalue weighted by Crippen LogP contribution is 2.39. The number of anilines is 1. The predicted molar refractivity (Wildman–Crippen MR) is 86.1 cm³/mol. The van der Waals surface area contributed by atoms with Gasteiger partial charge in [0.25, 0.3) is 0 Å². The van der Waals surface area contributed by atoms with E-state index in [9.17, 15) is 0 Å². The molecule has 0 amide bonds. The second-order valence-corrected chi connectivity index (χ2v) is 6.90. The quantitative estimate of drug-likeness (QED) is 0.943. The number of rotatable bonds is 3. The zero-order valence-corrected chi connectivity index (χ0v) is 13.6. The minimum atomic E-state index is 0.457. The molecule has 5 heteroatoms. The summed E-state index contributed by atoms with van der Waals surface area (Å²) in [6, 6.07) is 0.457. The molecule has 0 aromatic carbocycles. The second kappa shape index (κ2) is 5.35. The largest absolute Gasteiger partial charge is 0.369 e. The third-order valence-corrected chi connectivity index (χ3v) is 4.77. The summed E-state index contributed by atoms with van der Waals surface area (Å²) < 4.78 is 4.21. The lowest BCUT2D eigenvalue weighted by Gasteiger charge is -2.32. The summed E-state index contributed by atoms with van der Waals surface area (Å²) in [4.78, 5) is 4.64. The van der Waals surface area contributed by atoms with E-state index in [1.54, 1.807) is 0 Å². The third kappa shape index (κ3) is 2.43. The van der Waals surface area contributed by atoms with Crippen molar-refractivity contribution in [1.29, 1.82) is 0 Å². The molecule has 5 nitrogen and oxygen atoms in total. The van der Waals surface area contributed by atoms with Crippen LogP contribution in [0, 0.1) is 11.8 Å². The molecule has 2 N–H and O–H groups in total. The number of imidazole rings is 1. The van der Waals surface area contributed by atoms with Crippen molar-refractivity contribution in [1.82, 2.24) is 19.3 Å². The Labute approximate surface area is 126 Å². The first-order valence-electron chi connectivity index (χ1n) is 8.20. The molecule has 2 unspecified atom stereocenters. The maximum Gasteiger partial charge on any atom is 0.202 e. The fourth-order valence-electron chi connectivity index (χ4n) is 4.10. The summed E-state index contributed by atoms with van der Waals surface area (Å²) in [5.74, 6) is 2.15. The van der Waals surface area contributed by atoms with E-state index in [0.717, 1.165) is 41.5 Å². The zero-order chi connectivity index (χ0) is 15.1. The van der Waals surface area contributed by atoms with Gasteiger partial charge in [0.15, 0.2) is 5.65 Å². The fourth-order valence-corrected chi connectivity index (χ4v) is 4.10. The Kier molecular flexibility index (Phi) is 3.68. The molecule has 2 aromatic heterocycles. The number of aryl methyl sites for hydroxylation is 2. The van der Waals surface area contributed by atoms with Gasteiger partial charge in [-0.2, -0.15) is 5.10 Å². The Balaban J connectivity index is 2.07. The van der Waals surface area contributed by atoms with E-state index < -0.39 is 0 Å². The Morgan fingerprint density at radius 1 is 1.19 bits per heavy atom. The summed E-state index contributed by atoms with van der Waals surface area (Å²) >= 11 is 0. The molecule has 2 atom stereocenters. The molecule has 3 rings (SSSR count). The van der Waals surface area contributed by atoms with Gasteiger partial charge in [0, 0.05) is 13.1 Å². The number of nitrogens with two attached hydrogens (primary N) is 1. The molecular formula is C16H27N5. The molecule has 0 aliphatic heterocycles. The lowest BCUT2D eigenvalue weighted by atomic mass is 9.80. The SMILES string of the molecule is CCCc1nn(C)c2c1nc(N)n2C1CC(C)CC(C)C1. The molecule has 1 aliphatic carbocycles. The molecule has 2 aromatic rings. The van der Waals surface area contributed by atoms with Crippen LogP contribution in [0.15, 0.2) is 0 Å². The van der Waals surface area contributed by atoms with Gasteiger partial charge in [-0.05, 0) is 37.5 Å². The molecule has 1 aliphatic rings. The molecule has 1 saturated carbocycles. The van der Waals surface area contributed by atoms with Gasteiger partial charge in [-0.1, -0.05) is 27.2 Å². The molecular weight excluding hydrogens is 262 g/mol. The monoisotopic (exact) mass is 289 g/mol. The minimum Gasteiger partial charge on any atom is -0.369 e. The number of nitrogens with zero attached hydrogens (tertiary/aromatic N) is 4. The molecule has 21 heavy (non-hydrogen) atoms. The van der Waals surface area contributed by atoms with Crippen LogP contribution in [-0.2, 0) is 13.5 Å². The average molecular weight is 289 g/mol. The summed E-state index contributed by atoms with van der Waals surface area (Å²) in [6.07, 6.45) is 5.74. The van der Waals surface area contributed by atoms with Crippen molar-refractivity contribution in [3.63, 3.8) is 0 Å². The van der Waals surface area contributed by atoms with E-state index >= 15 is 0 Å². The van der Waals surface area contributed by atoms with Crippen molar-refractivity contribution in [2.45, 2.75) is 58.9 Å². The Bertz CT molecular complexity index is 629. The maximum atomic E-state index is 6.26. The van der Waals surface area contributed by atoms with E-state index in [1.807, 2.05) is 11.7 Å². The standard InChI is InChI=1S/C16H27N5/c1-5-6-13-14-15(20(4)19-13)21(16(17)18-14)12-8-10(2)7-11(3)9-12/h10-12H,5-9H2,1-4H3,(H2,17,18). The number of aromatic nitrogens is 4. The number of hydrogen-bond donors (Lipinski definition) is 1. The van der Waals surface area contributed by atoms with Crippen LogP contribution in [0.4, 0.5) is 5.95 Å². The Morgan fingerprint density at radius 3 is 2.48 bits per heavy atom. The smallest absolute Gasteiger partial charge is 0.202 e. The lowest BCUT2D eigenvalue weighted by molar-refractivity contribution is 0.225. The zero-order valence-electron chi connectivity index (χ0n) is 13.6. The van der Waals surface area contributed by atoms with Crippen molar-refractivity contribution in [3.8, 4) is 0 Å². The van der Waals surface area contributed by atoms with Gasteiger partial charge >= 0.3 is 0 Å². The first kappa shape index (κ1) is 14.4. The van der Waals surface area contributed by atoms with Crippen molar-refractivity contribution in [2.24, 2.45) is 18.9 Å². The van der Waals surface area contributed by atoms with Gasteiger partial charge < -0.3 is 5.73 Å². The molecule has 0 radical (unpaired) electrons. The molecule has 116 valence electrons. The Morgan fingerprint density at radius 2 is 1.86 bits per heavy atom. The summed E-state index contributed by atoms with van der Waals surface area (Å²) in [5.41, 5.74) is 9.45. The first-order valence-corrected chi connectivity index (χ1v) is 8.20. The number of nitrogen functional groups attached to an aromatic ring is 1. The van der Waals surface area contributed by atoms with Gasteiger partial charge in [-0.25, -0.2) is 4.98 Å². The van der Waals surface area contributed by atoms with E-state index in [0.29, 0.717) is 12.0 Å². The van der Waals surface area contributed by atoms with Gasteiger partial charge in [0.05, 0.1) is 5.69 Å². The van der Waals surface area contributed by atoms with Crippen LogP contribution in [-0.4, -0.2) is 19.3 Å². The first-order chi connectivity index (χ1) is 10.0. The Hall–Kier alpha value is -1.52.